The molecular formula is C26H32F3N5O5. The van der Waals surface area contributed by atoms with Crippen molar-refractivity contribution >= 4 is 11.8 Å². The molecule has 0 bridgehead atoms. The molecule has 0 unspecified atom stereocenters. The van der Waals surface area contributed by atoms with E-state index in [1.807, 2.05) is 13.8 Å². The number of pyridine rings is 1. The Morgan fingerprint density at radius 1 is 1.10 bits per heavy atom. The van der Waals surface area contributed by atoms with Crippen molar-refractivity contribution in [1.82, 2.24) is 24.6 Å². The Balaban J connectivity index is 1.20. The maximum Gasteiger partial charge on any atom is 0.573 e. The number of hydrogen-bond donors (Lipinski definition) is 0. The molecule has 0 aromatic carbocycles. The molecule has 0 spiro atoms. The molecule has 2 aromatic heterocycles. The molecule has 0 radical (unpaired) electrons. The van der Waals surface area contributed by atoms with Crippen LogP contribution in [0.1, 0.15) is 54.9 Å². The molecule has 2 atom stereocenters. The van der Waals surface area contributed by atoms with E-state index in [0.717, 1.165) is 36.6 Å². The SMILES string of the molecule is C[C@@H]1CN(C(=O)c2nn(CC(=O)N3CCC(Oc4ncccc4OC(F)(F)F)CC3)c3c2CCC3)C[C@H](C)O1. The van der Waals surface area contributed by atoms with Gasteiger partial charge in [0.05, 0.1) is 12.2 Å². The molecule has 2 aliphatic heterocycles. The smallest absolute Gasteiger partial charge is 0.472 e. The van der Waals surface area contributed by atoms with Crippen LogP contribution < -0.4 is 9.47 Å². The number of halogens is 3. The summed E-state index contributed by atoms with van der Waals surface area (Å²) in [5.74, 6) is -0.977. The van der Waals surface area contributed by atoms with Crippen LogP contribution in [0.15, 0.2) is 18.3 Å². The number of morpholine rings is 1. The summed E-state index contributed by atoms with van der Waals surface area (Å²) in [5, 5.41) is 4.60. The first-order chi connectivity index (χ1) is 18.6. The highest BCUT2D eigenvalue weighted by Gasteiger charge is 2.35. The third-order valence-electron chi connectivity index (χ3n) is 7.24. The lowest BCUT2D eigenvalue weighted by molar-refractivity contribution is -0.275. The average molecular weight is 552 g/mol. The fourth-order valence-corrected chi connectivity index (χ4v) is 5.58. The van der Waals surface area contributed by atoms with Crippen molar-refractivity contribution in [3.8, 4) is 11.6 Å². The summed E-state index contributed by atoms with van der Waals surface area (Å²) in [6, 6.07) is 2.48. The van der Waals surface area contributed by atoms with E-state index in [1.54, 1.807) is 14.5 Å². The highest BCUT2D eigenvalue weighted by Crippen LogP contribution is 2.32. The number of hydrogen-bond acceptors (Lipinski definition) is 7. The molecule has 3 aliphatic rings. The van der Waals surface area contributed by atoms with Crippen LogP contribution >= 0.6 is 0 Å². The summed E-state index contributed by atoms with van der Waals surface area (Å²) in [4.78, 5) is 33.9. The number of amides is 2. The van der Waals surface area contributed by atoms with E-state index in [0.29, 0.717) is 44.7 Å². The van der Waals surface area contributed by atoms with Gasteiger partial charge in [-0.1, -0.05) is 0 Å². The number of carbonyl (C=O) groups excluding carboxylic acids is 2. The van der Waals surface area contributed by atoms with Gasteiger partial charge in [0.25, 0.3) is 11.8 Å². The summed E-state index contributed by atoms with van der Waals surface area (Å²) in [6.45, 7) is 5.68. The lowest BCUT2D eigenvalue weighted by Gasteiger charge is -2.35. The molecule has 39 heavy (non-hydrogen) atoms. The minimum atomic E-state index is -4.85. The molecule has 1 aliphatic carbocycles. The van der Waals surface area contributed by atoms with Gasteiger partial charge < -0.3 is 24.0 Å². The number of rotatable bonds is 6. The second-order valence-electron chi connectivity index (χ2n) is 10.3. The number of ether oxygens (including phenoxy) is 3. The van der Waals surface area contributed by atoms with Crippen molar-refractivity contribution in [3.63, 3.8) is 0 Å². The van der Waals surface area contributed by atoms with Crippen molar-refractivity contribution in [1.29, 1.82) is 0 Å². The molecule has 10 nitrogen and oxygen atoms in total. The summed E-state index contributed by atoms with van der Waals surface area (Å²) in [7, 11) is 0. The zero-order valence-corrected chi connectivity index (χ0v) is 21.9. The maximum absolute atomic E-state index is 13.3. The van der Waals surface area contributed by atoms with Gasteiger partial charge in [0, 0.05) is 56.5 Å². The number of fused-ring (bicyclic) bond motifs is 1. The first-order valence-corrected chi connectivity index (χ1v) is 13.3. The van der Waals surface area contributed by atoms with Gasteiger partial charge in [0.1, 0.15) is 12.6 Å². The Labute approximate surface area is 224 Å². The lowest BCUT2D eigenvalue weighted by Crippen LogP contribution is -2.48. The quantitative estimate of drug-likeness (QED) is 0.545. The van der Waals surface area contributed by atoms with E-state index in [-0.39, 0.29) is 36.4 Å². The predicted octanol–water partition coefficient (Wildman–Crippen LogP) is 2.98. The van der Waals surface area contributed by atoms with E-state index in [2.05, 4.69) is 14.8 Å². The van der Waals surface area contributed by atoms with Gasteiger partial charge in [0.2, 0.25) is 5.91 Å². The lowest BCUT2D eigenvalue weighted by atomic mass is 10.1. The standard InChI is InChI=1S/C26H32F3N5O5/c1-16-13-33(14-17(2)37-16)25(36)23-19-5-3-6-20(19)34(31-23)15-22(35)32-11-8-18(9-12-32)38-24-21(7-4-10-30-24)39-26(27,28)29/h4,7,10,16-18H,3,5-6,8-9,11-15H2,1-2H3/t16-,17+. The van der Waals surface area contributed by atoms with E-state index >= 15 is 0 Å². The number of carbonyl (C=O) groups is 2. The first-order valence-electron chi connectivity index (χ1n) is 13.3. The van der Waals surface area contributed by atoms with Crippen LogP contribution in [0.2, 0.25) is 0 Å². The van der Waals surface area contributed by atoms with Crippen LogP contribution in [-0.2, 0) is 28.9 Å². The molecule has 5 rings (SSSR count). The number of nitrogens with zero attached hydrogens (tertiary/aromatic N) is 5. The van der Waals surface area contributed by atoms with Gasteiger partial charge in [0.15, 0.2) is 11.4 Å². The highest BCUT2D eigenvalue weighted by molar-refractivity contribution is 5.94. The molecule has 0 N–H and O–H groups in total. The first kappa shape index (κ1) is 27.2. The van der Waals surface area contributed by atoms with Gasteiger partial charge in [-0.3, -0.25) is 14.3 Å². The van der Waals surface area contributed by atoms with Crippen LogP contribution in [0.5, 0.6) is 11.6 Å². The number of piperidine rings is 1. The van der Waals surface area contributed by atoms with Crippen molar-refractivity contribution in [2.24, 2.45) is 0 Å². The van der Waals surface area contributed by atoms with E-state index < -0.39 is 18.2 Å². The van der Waals surface area contributed by atoms with Crippen LogP contribution in [-0.4, -0.2) is 87.2 Å². The Kier molecular flexibility index (Phi) is 7.70. The molecule has 0 saturated carbocycles. The summed E-state index contributed by atoms with van der Waals surface area (Å²) in [5.41, 5.74) is 2.29. The molecule has 2 saturated heterocycles. The normalized spacial score (nSPS) is 22.1. The summed E-state index contributed by atoms with van der Waals surface area (Å²) >= 11 is 0. The minimum absolute atomic E-state index is 0.0286. The molecule has 13 heteroatoms. The fourth-order valence-electron chi connectivity index (χ4n) is 5.58. The van der Waals surface area contributed by atoms with Crippen molar-refractivity contribution in [3.05, 3.63) is 35.3 Å². The van der Waals surface area contributed by atoms with Gasteiger partial charge in [-0.25, -0.2) is 4.98 Å². The van der Waals surface area contributed by atoms with Gasteiger partial charge in [-0.15, -0.1) is 13.2 Å². The average Bonchev–Trinajstić information content (AvgIpc) is 3.48. The largest absolute Gasteiger partial charge is 0.573 e. The van der Waals surface area contributed by atoms with E-state index in [1.165, 1.54) is 12.3 Å². The summed E-state index contributed by atoms with van der Waals surface area (Å²) < 4.78 is 55.2. The number of likely N-dealkylation sites (tertiary alicyclic amines) is 1. The van der Waals surface area contributed by atoms with Crippen molar-refractivity contribution in [2.75, 3.05) is 26.2 Å². The molecule has 2 fully saturated rings. The Morgan fingerprint density at radius 2 is 1.82 bits per heavy atom. The Morgan fingerprint density at radius 3 is 2.51 bits per heavy atom. The monoisotopic (exact) mass is 551 g/mol. The van der Waals surface area contributed by atoms with E-state index in [4.69, 9.17) is 9.47 Å². The minimum Gasteiger partial charge on any atom is -0.472 e. The van der Waals surface area contributed by atoms with Crippen molar-refractivity contribution in [2.45, 2.75) is 77.2 Å². The Hall–Kier alpha value is -3.35. The molecule has 2 amide bonds. The molecule has 2 aromatic rings. The molecule has 212 valence electrons. The van der Waals surface area contributed by atoms with Crippen LogP contribution in [0.4, 0.5) is 13.2 Å². The van der Waals surface area contributed by atoms with Gasteiger partial charge >= 0.3 is 6.36 Å². The van der Waals surface area contributed by atoms with Crippen LogP contribution in [0.25, 0.3) is 0 Å². The zero-order valence-electron chi connectivity index (χ0n) is 21.9. The maximum atomic E-state index is 13.3. The van der Waals surface area contributed by atoms with E-state index in [9.17, 15) is 22.8 Å². The highest BCUT2D eigenvalue weighted by atomic mass is 19.4. The van der Waals surface area contributed by atoms with Crippen molar-refractivity contribution < 1.29 is 37.0 Å². The second-order valence-corrected chi connectivity index (χ2v) is 10.3. The number of alkyl halides is 3. The number of aromatic nitrogens is 3. The summed E-state index contributed by atoms with van der Waals surface area (Å²) in [6.07, 6.45) is -0.733. The zero-order chi connectivity index (χ0) is 27.7. The van der Waals surface area contributed by atoms with Crippen LogP contribution in [0, 0.1) is 0 Å². The van der Waals surface area contributed by atoms with Gasteiger partial charge in [-0.05, 0) is 45.2 Å². The third kappa shape index (κ3) is 6.29. The second kappa shape index (κ2) is 11.0. The molecule has 4 heterocycles. The topological polar surface area (TPSA) is 99.0 Å². The van der Waals surface area contributed by atoms with Crippen LogP contribution in [0.3, 0.4) is 0 Å². The molecular weight excluding hydrogens is 519 g/mol. The fraction of sp³-hybridized carbons (Fsp3) is 0.615. The predicted molar refractivity (Wildman–Crippen MR) is 131 cm³/mol. The van der Waals surface area contributed by atoms with Gasteiger partial charge in [-0.2, -0.15) is 5.10 Å². The Bertz CT molecular complexity index is 1200. The third-order valence-corrected chi connectivity index (χ3v) is 7.24.